The minimum atomic E-state index is 0.297. The third-order valence-electron chi connectivity index (χ3n) is 5.04. The van der Waals surface area contributed by atoms with Gasteiger partial charge in [0.1, 0.15) is 0 Å². The van der Waals surface area contributed by atoms with E-state index in [1.165, 1.54) is 18.4 Å². The van der Waals surface area contributed by atoms with Gasteiger partial charge >= 0.3 is 0 Å². The number of rotatable bonds is 5. The zero-order valence-electron chi connectivity index (χ0n) is 13.3. The summed E-state index contributed by atoms with van der Waals surface area (Å²) < 4.78 is 10.7. The summed E-state index contributed by atoms with van der Waals surface area (Å²) in [6, 6.07) is 6.26. The molecular weight excluding hydrogens is 264 g/mol. The van der Waals surface area contributed by atoms with Gasteiger partial charge in [0.05, 0.1) is 14.2 Å². The minimum absolute atomic E-state index is 0.297. The Bertz CT molecular complexity index is 502. The molecule has 1 aromatic carbocycles. The summed E-state index contributed by atoms with van der Waals surface area (Å²) in [5.74, 6) is 2.47. The van der Waals surface area contributed by atoms with Crippen molar-refractivity contribution in [3.63, 3.8) is 0 Å². The summed E-state index contributed by atoms with van der Waals surface area (Å²) in [6.45, 7) is 6.69. The first-order valence-electron chi connectivity index (χ1n) is 7.84. The van der Waals surface area contributed by atoms with Crippen LogP contribution < -0.4 is 14.8 Å². The van der Waals surface area contributed by atoms with Crippen molar-refractivity contribution >= 4 is 0 Å². The van der Waals surface area contributed by atoms with Gasteiger partial charge in [-0.05, 0) is 43.4 Å². The Morgan fingerprint density at radius 1 is 1.24 bits per heavy atom. The second-order valence-corrected chi connectivity index (χ2v) is 6.42. The first-order valence-corrected chi connectivity index (χ1v) is 7.84. The van der Waals surface area contributed by atoms with Crippen LogP contribution in [-0.2, 0) is 6.54 Å². The van der Waals surface area contributed by atoms with Crippen LogP contribution in [0.2, 0.25) is 0 Å². The Morgan fingerprint density at radius 2 is 2.00 bits per heavy atom. The molecule has 1 N–H and O–H groups in total. The fourth-order valence-electron chi connectivity index (χ4n) is 3.49. The van der Waals surface area contributed by atoms with E-state index in [1.807, 2.05) is 6.07 Å². The van der Waals surface area contributed by atoms with E-state index >= 15 is 0 Å². The molecule has 1 unspecified atom stereocenters. The number of piperazine rings is 1. The van der Waals surface area contributed by atoms with Crippen LogP contribution >= 0.6 is 0 Å². The number of methoxy groups -OCH3 is 2. The molecule has 1 heterocycles. The van der Waals surface area contributed by atoms with Gasteiger partial charge in [0.2, 0.25) is 0 Å². The van der Waals surface area contributed by atoms with Crippen LogP contribution in [0, 0.1) is 5.92 Å². The molecule has 1 aromatic rings. The summed E-state index contributed by atoms with van der Waals surface area (Å²) in [5, 5.41) is 3.57. The van der Waals surface area contributed by atoms with Crippen molar-refractivity contribution in [2.24, 2.45) is 5.92 Å². The van der Waals surface area contributed by atoms with Gasteiger partial charge in [-0.15, -0.1) is 0 Å². The van der Waals surface area contributed by atoms with Crippen molar-refractivity contribution in [3.8, 4) is 11.5 Å². The third kappa shape index (κ3) is 2.87. The normalized spacial score (nSPS) is 26.6. The van der Waals surface area contributed by atoms with Crippen molar-refractivity contribution < 1.29 is 9.47 Å². The smallest absolute Gasteiger partial charge is 0.161 e. The van der Waals surface area contributed by atoms with Crippen LogP contribution in [0.4, 0.5) is 0 Å². The first-order chi connectivity index (χ1) is 10.2. The second-order valence-electron chi connectivity index (χ2n) is 6.42. The Hall–Kier alpha value is -1.26. The molecule has 0 radical (unpaired) electrons. The number of nitrogens with one attached hydrogen (secondary N) is 1. The van der Waals surface area contributed by atoms with Crippen molar-refractivity contribution in [3.05, 3.63) is 23.8 Å². The van der Waals surface area contributed by atoms with Gasteiger partial charge in [-0.1, -0.05) is 6.07 Å². The number of hydrogen-bond donors (Lipinski definition) is 1. The lowest BCUT2D eigenvalue weighted by atomic mass is 9.90. The molecule has 1 aliphatic carbocycles. The Balaban J connectivity index is 1.78. The summed E-state index contributed by atoms with van der Waals surface area (Å²) in [5.41, 5.74) is 1.59. The number of nitrogens with zero attached hydrogens (tertiary/aromatic N) is 1. The predicted molar refractivity (Wildman–Crippen MR) is 84.0 cm³/mol. The molecule has 0 aromatic heterocycles. The quantitative estimate of drug-likeness (QED) is 0.902. The minimum Gasteiger partial charge on any atom is -0.493 e. The van der Waals surface area contributed by atoms with E-state index < -0.39 is 0 Å². The molecule has 1 saturated carbocycles. The third-order valence-corrected chi connectivity index (χ3v) is 5.04. The molecule has 0 spiro atoms. The van der Waals surface area contributed by atoms with Crippen molar-refractivity contribution in [1.82, 2.24) is 10.2 Å². The maximum Gasteiger partial charge on any atom is 0.161 e. The molecular formula is C17H26N2O2. The fraction of sp³-hybridized carbons (Fsp3) is 0.647. The molecule has 0 amide bonds. The van der Waals surface area contributed by atoms with Gasteiger partial charge in [-0.2, -0.15) is 0 Å². The largest absolute Gasteiger partial charge is 0.493 e. The summed E-state index contributed by atoms with van der Waals surface area (Å²) in [7, 11) is 3.37. The van der Waals surface area contributed by atoms with Crippen molar-refractivity contribution in [2.75, 3.05) is 33.9 Å². The summed E-state index contributed by atoms with van der Waals surface area (Å²) in [4.78, 5) is 2.64. The van der Waals surface area contributed by atoms with Gasteiger partial charge in [0.15, 0.2) is 11.5 Å². The average molecular weight is 290 g/mol. The first kappa shape index (κ1) is 14.7. The molecule has 1 aliphatic heterocycles. The Labute approximate surface area is 127 Å². The van der Waals surface area contributed by atoms with E-state index in [1.54, 1.807) is 14.2 Å². The van der Waals surface area contributed by atoms with E-state index in [0.717, 1.165) is 43.6 Å². The SMILES string of the molecule is COc1ccc(CN2CCNCC2(C)C2CC2)cc1OC. The molecule has 21 heavy (non-hydrogen) atoms. The molecule has 2 fully saturated rings. The zero-order valence-corrected chi connectivity index (χ0v) is 13.3. The van der Waals surface area contributed by atoms with E-state index in [0.29, 0.717) is 5.54 Å². The van der Waals surface area contributed by atoms with Crippen LogP contribution in [0.3, 0.4) is 0 Å². The maximum atomic E-state index is 5.42. The van der Waals surface area contributed by atoms with Gasteiger partial charge in [0.25, 0.3) is 0 Å². The van der Waals surface area contributed by atoms with Crippen molar-refractivity contribution in [2.45, 2.75) is 31.8 Å². The molecule has 4 nitrogen and oxygen atoms in total. The van der Waals surface area contributed by atoms with E-state index in [4.69, 9.17) is 9.47 Å². The molecule has 0 bridgehead atoms. The molecule has 116 valence electrons. The van der Waals surface area contributed by atoms with Gasteiger partial charge in [0, 0.05) is 31.7 Å². The van der Waals surface area contributed by atoms with E-state index in [9.17, 15) is 0 Å². The van der Waals surface area contributed by atoms with Crippen LogP contribution in [-0.4, -0.2) is 44.3 Å². The van der Waals surface area contributed by atoms with Gasteiger partial charge in [-0.25, -0.2) is 0 Å². The molecule has 4 heteroatoms. The van der Waals surface area contributed by atoms with Crippen molar-refractivity contribution in [1.29, 1.82) is 0 Å². The lowest BCUT2D eigenvalue weighted by Gasteiger charge is -2.46. The second kappa shape index (κ2) is 5.85. The number of ether oxygens (including phenoxy) is 2. The number of benzene rings is 1. The number of hydrogen-bond acceptors (Lipinski definition) is 4. The predicted octanol–water partition coefficient (Wildman–Crippen LogP) is 2.28. The standard InChI is InChI=1S/C17H26N2O2/c1-17(14-5-6-14)12-18-8-9-19(17)11-13-4-7-15(20-2)16(10-13)21-3/h4,7,10,14,18H,5-6,8-9,11-12H2,1-3H3. The molecule has 1 saturated heterocycles. The topological polar surface area (TPSA) is 33.7 Å². The Kier molecular flexibility index (Phi) is 4.09. The van der Waals surface area contributed by atoms with E-state index in [2.05, 4.69) is 29.3 Å². The highest BCUT2D eigenvalue weighted by molar-refractivity contribution is 5.42. The monoisotopic (exact) mass is 290 g/mol. The highest BCUT2D eigenvalue weighted by Crippen LogP contribution is 2.44. The van der Waals surface area contributed by atoms with Crippen LogP contribution in [0.15, 0.2) is 18.2 Å². The van der Waals surface area contributed by atoms with Crippen LogP contribution in [0.1, 0.15) is 25.3 Å². The van der Waals surface area contributed by atoms with Crippen LogP contribution in [0.5, 0.6) is 11.5 Å². The molecule has 1 atom stereocenters. The lowest BCUT2D eigenvalue weighted by molar-refractivity contribution is 0.0484. The highest BCUT2D eigenvalue weighted by atomic mass is 16.5. The maximum absolute atomic E-state index is 5.42. The van der Waals surface area contributed by atoms with E-state index in [-0.39, 0.29) is 0 Å². The Morgan fingerprint density at radius 3 is 2.67 bits per heavy atom. The summed E-state index contributed by atoms with van der Waals surface area (Å²) >= 11 is 0. The zero-order chi connectivity index (χ0) is 14.9. The highest BCUT2D eigenvalue weighted by Gasteiger charge is 2.46. The lowest BCUT2D eigenvalue weighted by Crippen LogP contribution is -2.60. The summed E-state index contributed by atoms with van der Waals surface area (Å²) in [6.07, 6.45) is 2.75. The van der Waals surface area contributed by atoms with Gasteiger partial charge < -0.3 is 14.8 Å². The average Bonchev–Trinajstić information content (AvgIpc) is 3.34. The fourth-order valence-corrected chi connectivity index (χ4v) is 3.49. The molecule has 3 rings (SSSR count). The van der Waals surface area contributed by atoms with Gasteiger partial charge in [-0.3, -0.25) is 4.90 Å². The molecule has 2 aliphatic rings. The van der Waals surface area contributed by atoms with Crippen LogP contribution in [0.25, 0.3) is 0 Å².